The van der Waals surface area contributed by atoms with Crippen molar-refractivity contribution >= 4 is 18.1 Å². The molecule has 7 heteroatoms. The molecule has 1 aromatic carbocycles. The van der Waals surface area contributed by atoms with E-state index in [2.05, 4.69) is 15.0 Å². The molecule has 2 N–H and O–H groups in total. The zero-order valence-corrected chi connectivity index (χ0v) is 14.0. The van der Waals surface area contributed by atoms with Gasteiger partial charge in [0.05, 0.1) is 6.54 Å². The third-order valence-electron chi connectivity index (χ3n) is 3.07. The Kier molecular flexibility index (Phi) is 7.31. The van der Waals surface area contributed by atoms with Gasteiger partial charge in [-0.15, -0.1) is 12.4 Å². The first-order chi connectivity index (χ1) is 10.1. The van der Waals surface area contributed by atoms with E-state index in [1.807, 2.05) is 45.2 Å². The van der Waals surface area contributed by atoms with Crippen molar-refractivity contribution in [1.29, 1.82) is 0 Å². The summed E-state index contributed by atoms with van der Waals surface area (Å²) in [4.78, 5) is 6.45. The maximum absolute atomic E-state index is 5.78. The molecule has 2 aromatic rings. The van der Waals surface area contributed by atoms with Crippen molar-refractivity contribution in [2.45, 2.75) is 33.0 Å². The Morgan fingerprint density at radius 3 is 2.82 bits per heavy atom. The van der Waals surface area contributed by atoms with Gasteiger partial charge >= 0.3 is 0 Å². The van der Waals surface area contributed by atoms with Crippen LogP contribution in [0.5, 0.6) is 0 Å². The molecule has 0 spiro atoms. The van der Waals surface area contributed by atoms with E-state index in [4.69, 9.17) is 15.0 Å². The third kappa shape index (κ3) is 5.29. The van der Waals surface area contributed by atoms with Gasteiger partial charge in [-0.2, -0.15) is 4.98 Å². The van der Waals surface area contributed by atoms with Crippen molar-refractivity contribution in [3.8, 4) is 0 Å². The summed E-state index contributed by atoms with van der Waals surface area (Å²) in [7, 11) is 2.00. The minimum atomic E-state index is -0.147. The Bertz CT molecular complexity index is 576. The van der Waals surface area contributed by atoms with Crippen molar-refractivity contribution in [3.63, 3.8) is 0 Å². The van der Waals surface area contributed by atoms with Gasteiger partial charge in [-0.25, -0.2) is 0 Å². The molecule has 0 aliphatic carbocycles. The SMILES string of the molecule is CCOC(C)c1noc(CN(C)Cc2cccc(N)c2)n1.Cl. The van der Waals surface area contributed by atoms with Crippen LogP contribution >= 0.6 is 12.4 Å². The summed E-state index contributed by atoms with van der Waals surface area (Å²) in [6.45, 7) is 5.83. The lowest BCUT2D eigenvalue weighted by Crippen LogP contribution is -2.17. The number of benzene rings is 1. The number of halogens is 1. The lowest BCUT2D eigenvalue weighted by atomic mass is 10.2. The zero-order chi connectivity index (χ0) is 15.2. The highest BCUT2D eigenvalue weighted by Gasteiger charge is 2.14. The van der Waals surface area contributed by atoms with E-state index in [0.717, 1.165) is 17.8 Å². The number of nitrogens with two attached hydrogens (primary N) is 1. The minimum absolute atomic E-state index is 0. The van der Waals surface area contributed by atoms with Gasteiger partial charge in [-0.3, -0.25) is 4.90 Å². The summed E-state index contributed by atoms with van der Waals surface area (Å²) in [5, 5.41) is 3.95. The second kappa shape index (κ2) is 8.73. The summed E-state index contributed by atoms with van der Waals surface area (Å²) < 4.78 is 10.7. The standard InChI is InChI=1S/C15H22N4O2.ClH/c1-4-20-11(2)15-17-14(21-18-15)10-19(3)9-12-6-5-7-13(16)8-12;/h5-8,11H,4,9-10,16H2,1-3H3;1H. The first kappa shape index (κ1) is 18.4. The average Bonchev–Trinajstić information content (AvgIpc) is 2.87. The van der Waals surface area contributed by atoms with Crippen LogP contribution in [0.2, 0.25) is 0 Å². The van der Waals surface area contributed by atoms with Gasteiger partial charge in [0.1, 0.15) is 6.10 Å². The summed E-state index contributed by atoms with van der Waals surface area (Å²) in [5.74, 6) is 1.17. The fourth-order valence-electron chi connectivity index (χ4n) is 2.11. The number of rotatable bonds is 7. The molecule has 1 aromatic heterocycles. The normalized spacial score (nSPS) is 12.2. The van der Waals surface area contributed by atoms with Gasteiger partial charge < -0.3 is 15.0 Å². The predicted octanol–water partition coefficient (Wildman–Crippen LogP) is 2.80. The quantitative estimate of drug-likeness (QED) is 0.788. The molecule has 0 bridgehead atoms. The second-order valence-corrected chi connectivity index (χ2v) is 5.06. The first-order valence-corrected chi connectivity index (χ1v) is 7.05. The number of hydrogen-bond acceptors (Lipinski definition) is 6. The molecule has 122 valence electrons. The zero-order valence-electron chi connectivity index (χ0n) is 13.2. The lowest BCUT2D eigenvalue weighted by Gasteiger charge is -2.14. The van der Waals surface area contributed by atoms with Crippen molar-refractivity contribution in [2.24, 2.45) is 0 Å². The average molecular weight is 327 g/mol. The van der Waals surface area contributed by atoms with E-state index in [1.54, 1.807) is 0 Å². The van der Waals surface area contributed by atoms with Crippen LogP contribution in [0, 0.1) is 0 Å². The van der Waals surface area contributed by atoms with E-state index >= 15 is 0 Å². The van der Waals surface area contributed by atoms with E-state index in [0.29, 0.717) is 24.9 Å². The van der Waals surface area contributed by atoms with Crippen LogP contribution in [0.3, 0.4) is 0 Å². The van der Waals surface area contributed by atoms with Crippen LogP contribution in [0.1, 0.15) is 37.2 Å². The molecule has 0 saturated carbocycles. The molecule has 22 heavy (non-hydrogen) atoms. The highest BCUT2D eigenvalue weighted by molar-refractivity contribution is 5.85. The van der Waals surface area contributed by atoms with Crippen molar-refractivity contribution in [3.05, 3.63) is 41.5 Å². The van der Waals surface area contributed by atoms with Crippen molar-refractivity contribution in [1.82, 2.24) is 15.0 Å². The second-order valence-electron chi connectivity index (χ2n) is 5.06. The molecule has 0 amide bonds. The fraction of sp³-hybridized carbons (Fsp3) is 0.467. The van der Waals surface area contributed by atoms with Crippen LogP contribution in [0.15, 0.2) is 28.8 Å². The highest BCUT2D eigenvalue weighted by atomic mass is 35.5. The Balaban J connectivity index is 0.00000242. The Morgan fingerprint density at radius 2 is 2.14 bits per heavy atom. The highest BCUT2D eigenvalue weighted by Crippen LogP contribution is 2.14. The fourth-order valence-corrected chi connectivity index (χ4v) is 2.11. The Hall–Kier alpha value is -1.63. The maximum Gasteiger partial charge on any atom is 0.240 e. The van der Waals surface area contributed by atoms with Gasteiger partial charge in [0, 0.05) is 18.8 Å². The van der Waals surface area contributed by atoms with Gasteiger partial charge in [-0.1, -0.05) is 17.3 Å². The molecule has 0 saturated heterocycles. The van der Waals surface area contributed by atoms with Gasteiger partial charge in [0.15, 0.2) is 5.82 Å². The molecule has 0 fully saturated rings. The van der Waals surface area contributed by atoms with E-state index in [9.17, 15) is 0 Å². The maximum atomic E-state index is 5.78. The van der Waals surface area contributed by atoms with Gasteiger partial charge in [0.25, 0.3) is 0 Å². The van der Waals surface area contributed by atoms with E-state index in [1.165, 1.54) is 0 Å². The smallest absolute Gasteiger partial charge is 0.240 e. The monoisotopic (exact) mass is 326 g/mol. The lowest BCUT2D eigenvalue weighted by molar-refractivity contribution is 0.0683. The molecule has 0 aliphatic heterocycles. The number of anilines is 1. The van der Waals surface area contributed by atoms with Crippen LogP contribution < -0.4 is 5.73 Å². The predicted molar refractivity (Wildman–Crippen MR) is 87.6 cm³/mol. The van der Waals surface area contributed by atoms with Crippen LogP contribution in [0.4, 0.5) is 5.69 Å². The van der Waals surface area contributed by atoms with Crippen molar-refractivity contribution < 1.29 is 9.26 Å². The molecular formula is C15H23ClN4O2. The topological polar surface area (TPSA) is 77.4 Å². The van der Waals surface area contributed by atoms with Crippen LogP contribution in [0.25, 0.3) is 0 Å². The van der Waals surface area contributed by atoms with Crippen molar-refractivity contribution in [2.75, 3.05) is 19.4 Å². The number of ether oxygens (including phenoxy) is 1. The van der Waals surface area contributed by atoms with E-state index in [-0.39, 0.29) is 18.5 Å². The Morgan fingerprint density at radius 1 is 1.36 bits per heavy atom. The van der Waals surface area contributed by atoms with Crippen LogP contribution in [-0.4, -0.2) is 28.7 Å². The summed E-state index contributed by atoms with van der Waals surface area (Å²) in [6.07, 6.45) is -0.147. The molecule has 0 aliphatic rings. The number of hydrogen-bond donors (Lipinski definition) is 1. The van der Waals surface area contributed by atoms with E-state index < -0.39 is 0 Å². The number of aromatic nitrogens is 2. The van der Waals surface area contributed by atoms with Crippen LogP contribution in [-0.2, 0) is 17.8 Å². The summed E-state index contributed by atoms with van der Waals surface area (Å²) >= 11 is 0. The molecule has 6 nitrogen and oxygen atoms in total. The third-order valence-corrected chi connectivity index (χ3v) is 3.07. The molecule has 1 atom stereocenters. The van der Waals surface area contributed by atoms with Gasteiger partial charge in [0.2, 0.25) is 5.89 Å². The first-order valence-electron chi connectivity index (χ1n) is 7.05. The summed E-state index contributed by atoms with van der Waals surface area (Å²) in [6, 6.07) is 7.84. The Labute approximate surface area is 137 Å². The molecular weight excluding hydrogens is 304 g/mol. The largest absolute Gasteiger partial charge is 0.399 e. The molecule has 2 rings (SSSR count). The minimum Gasteiger partial charge on any atom is -0.399 e. The summed E-state index contributed by atoms with van der Waals surface area (Å²) in [5.41, 5.74) is 7.70. The molecule has 1 heterocycles. The van der Waals surface area contributed by atoms with Gasteiger partial charge in [-0.05, 0) is 38.6 Å². The number of nitrogen functional groups attached to an aromatic ring is 1. The molecule has 0 radical (unpaired) electrons. The molecule has 1 unspecified atom stereocenters. The number of nitrogens with zero attached hydrogens (tertiary/aromatic N) is 3.